The molecule has 1 aliphatic heterocycles. The second-order valence-corrected chi connectivity index (χ2v) is 7.33. The number of rotatable bonds is 5. The number of aromatic nitrogens is 2. The predicted molar refractivity (Wildman–Crippen MR) is 106 cm³/mol. The third-order valence-electron chi connectivity index (χ3n) is 5.41. The summed E-state index contributed by atoms with van der Waals surface area (Å²) in [5.74, 6) is -0.296. The molecule has 0 spiro atoms. The second kappa shape index (κ2) is 7.20. The minimum absolute atomic E-state index is 0.0184. The number of fused-ring (bicyclic) bond motifs is 1. The van der Waals surface area contributed by atoms with Gasteiger partial charge in [0.2, 0.25) is 0 Å². The Morgan fingerprint density at radius 2 is 2.07 bits per heavy atom. The van der Waals surface area contributed by atoms with E-state index in [0.29, 0.717) is 25.1 Å². The third-order valence-corrected chi connectivity index (χ3v) is 5.41. The van der Waals surface area contributed by atoms with E-state index in [2.05, 4.69) is 11.2 Å². The van der Waals surface area contributed by atoms with E-state index in [0.717, 1.165) is 27.9 Å². The summed E-state index contributed by atoms with van der Waals surface area (Å²) in [4.78, 5) is 14.8. The molecule has 1 aliphatic rings. The molecule has 1 atom stereocenters. The maximum Gasteiger partial charge on any atom is 0.254 e. The summed E-state index contributed by atoms with van der Waals surface area (Å²) < 4.78 is 15.4. The van der Waals surface area contributed by atoms with Crippen LogP contribution in [-0.4, -0.2) is 33.2 Å². The van der Waals surface area contributed by atoms with E-state index in [1.165, 1.54) is 12.1 Å². The average Bonchev–Trinajstić information content (AvgIpc) is 3.18. The van der Waals surface area contributed by atoms with Crippen molar-refractivity contribution in [3.63, 3.8) is 0 Å². The molecule has 0 bridgehead atoms. The van der Waals surface area contributed by atoms with Crippen molar-refractivity contribution in [3.8, 4) is 11.3 Å². The molecule has 0 fully saturated rings. The molecule has 1 unspecified atom stereocenters. The lowest BCUT2D eigenvalue weighted by Gasteiger charge is -2.26. The molecule has 5 nitrogen and oxygen atoms in total. The number of nitrogens with zero attached hydrogens (tertiary/aromatic N) is 3. The topological polar surface area (TPSA) is 64.2 Å². The summed E-state index contributed by atoms with van der Waals surface area (Å²) in [5, 5.41) is 4.30. The van der Waals surface area contributed by atoms with Crippen molar-refractivity contribution in [3.05, 3.63) is 76.7 Å². The Morgan fingerprint density at radius 1 is 1.25 bits per heavy atom. The first-order chi connectivity index (χ1) is 13.5. The molecule has 0 radical (unpaired) electrons. The predicted octanol–water partition coefficient (Wildman–Crippen LogP) is 3.06. The molecule has 28 heavy (non-hydrogen) atoms. The molecular weight excluding hydrogens is 355 g/mol. The Bertz CT molecular complexity index is 1020. The lowest BCUT2D eigenvalue weighted by Crippen LogP contribution is -2.42. The first-order valence-electron chi connectivity index (χ1n) is 9.35. The van der Waals surface area contributed by atoms with Gasteiger partial charge in [-0.1, -0.05) is 18.2 Å². The van der Waals surface area contributed by atoms with Gasteiger partial charge in [-0.2, -0.15) is 5.10 Å². The smallest absolute Gasteiger partial charge is 0.254 e. The van der Waals surface area contributed by atoms with Crippen molar-refractivity contribution in [2.24, 2.45) is 12.8 Å². The largest absolute Gasteiger partial charge is 0.330 e. The number of aryl methyl sites for hydroxylation is 2. The maximum atomic E-state index is 13.5. The number of carbonyl (C=O) groups excluding carboxylic acids is 1. The molecule has 4 rings (SSSR count). The first-order valence-corrected chi connectivity index (χ1v) is 9.35. The van der Waals surface area contributed by atoms with Crippen LogP contribution in [0.25, 0.3) is 11.3 Å². The third kappa shape index (κ3) is 3.20. The van der Waals surface area contributed by atoms with E-state index in [9.17, 15) is 9.18 Å². The Morgan fingerprint density at radius 3 is 2.75 bits per heavy atom. The average molecular weight is 378 g/mol. The van der Waals surface area contributed by atoms with Gasteiger partial charge >= 0.3 is 0 Å². The van der Waals surface area contributed by atoms with Gasteiger partial charge in [-0.15, -0.1) is 0 Å². The van der Waals surface area contributed by atoms with Crippen molar-refractivity contribution in [2.45, 2.75) is 25.9 Å². The second-order valence-electron chi connectivity index (χ2n) is 7.33. The lowest BCUT2D eigenvalue weighted by molar-refractivity contribution is 0.0708. The van der Waals surface area contributed by atoms with Gasteiger partial charge in [0, 0.05) is 37.3 Å². The van der Waals surface area contributed by atoms with Crippen molar-refractivity contribution < 1.29 is 9.18 Å². The fraction of sp³-hybridized carbons (Fsp3) is 0.273. The van der Waals surface area contributed by atoms with Crippen LogP contribution < -0.4 is 5.73 Å². The standard InChI is InChI=1S/C22H23FN4O/c1-14-12-25-26(2)21(14)16-6-7-20-17(10-16)13-27(22(20)28)19(11-24)9-15-4-3-5-18(23)8-15/h3-8,10,12,19H,9,11,13,24H2,1-2H3. The highest BCUT2D eigenvalue weighted by Gasteiger charge is 2.32. The van der Waals surface area contributed by atoms with Crippen LogP contribution >= 0.6 is 0 Å². The van der Waals surface area contributed by atoms with Crippen LogP contribution in [0.4, 0.5) is 4.39 Å². The summed E-state index contributed by atoms with van der Waals surface area (Å²) in [5.41, 5.74) is 11.7. The maximum absolute atomic E-state index is 13.5. The summed E-state index contributed by atoms with van der Waals surface area (Å²) in [6.07, 6.45) is 2.37. The van der Waals surface area contributed by atoms with Gasteiger partial charge in [-0.3, -0.25) is 9.48 Å². The van der Waals surface area contributed by atoms with Gasteiger partial charge in [0.05, 0.1) is 11.9 Å². The highest BCUT2D eigenvalue weighted by Crippen LogP contribution is 2.31. The van der Waals surface area contributed by atoms with Crippen LogP contribution in [0.3, 0.4) is 0 Å². The van der Waals surface area contributed by atoms with E-state index in [4.69, 9.17) is 5.73 Å². The molecule has 2 aromatic carbocycles. The number of amides is 1. The zero-order valence-corrected chi connectivity index (χ0v) is 16.0. The Kier molecular flexibility index (Phi) is 4.73. The van der Waals surface area contributed by atoms with E-state index in [-0.39, 0.29) is 17.8 Å². The van der Waals surface area contributed by atoms with Gasteiger partial charge in [0.1, 0.15) is 5.82 Å². The van der Waals surface area contributed by atoms with Crippen LogP contribution in [-0.2, 0) is 20.0 Å². The Balaban J connectivity index is 1.61. The minimum Gasteiger partial charge on any atom is -0.330 e. The van der Waals surface area contributed by atoms with Gasteiger partial charge in [-0.25, -0.2) is 4.39 Å². The molecule has 3 aromatic rings. The number of carbonyl (C=O) groups is 1. The molecule has 1 aromatic heterocycles. The lowest BCUT2D eigenvalue weighted by atomic mass is 10.0. The van der Waals surface area contributed by atoms with E-state index >= 15 is 0 Å². The highest BCUT2D eigenvalue weighted by molar-refractivity contribution is 5.99. The summed E-state index contributed by atoms with van der Waals surface area (Å²) in [6, 6.07) is 12.2. The molecule has 6 heteroatoms. The zero-order valence-electron chi connectivity index (χ0n) is 16.0. The van der Waals surface area contributed by atoms with Gasteiger partial charge < -0.3 is 10.6 Å². The van der Waals surface area contributed by atoms with Crippen LogP contribution in [0.15, 0.2) is 48.7 Å². The molecule has 0 aliphatic carbocycles. The Labute approximate surface area is 163 Å². The van der Waals surface area contributed by atoms with Crippen LogP contribution in [0, 0.1) is 12.7 Å². The molecule has 1 amide bonds. The van der Waals surface area contributed by atoms with Crippen LogP contribution in [0.2, 0.25) is 0 Å². The number of hydrogen-bond acceptors (Lipinski definition) is 3. The number of benzene rings is 2. The Hall–Kier alpha value is -2.99. The van der Waals surface area contributed by atoms with Gasteiger partial charge in [-0.05, 0) is 54.3 Å². The monoisotopic (exact) mass is 378 g/mol. The zero-order chi connectivity index (χ0) is 19.8. The minimum atomic E-state index is -0.277. The molecular formula is C22H23FN4O. The fourth-order valence-corrected chi connectivity index (χ4v) is 4.00. The molecule has 0 saturated carbocycles. The number of hydrogen-bond donors (Lipinski definition) is 1. The highest BCUT2D eigenvalue weighted by atomic mass is 19.1. The van der Waals surface area contributed by atoms with Crippen molar-refractivity contribution in [1.82, 2.24) is 14.7 Å². The number of nitrogens with two attached hydrogens (primary N) is 1. The summed E-state index contributed by atoms with van der Waals surface area (Å²) >= 11 is 0. The normalized spacial score (nSPS) is 14.4. The van der Waals surface area contributed by atoms with Crippen LogP contribution in [0.5, 0.6) is 0 Å². The van der Waals surface area contributed by atoms with E-state index in [1.54, 1.807) is 11.0 Å². The van der Waals surface area contributed by atoms with E-state index in [1.807, 2.05) is 43.0 Å². The summed E-state index contributed by atoms with van der Waals surface area (Å²) in [6.45, 7) is 2.86. The number of halogens is 1. The van der Waals surface area contributed by atoms with Crippen molar-refractivity contribution in [2.75, 3.05) is 6.54 Å². The quantitative estimate of drug-likeness (QED) is 0.742. The molecule has 2 N–H and O–H groups in total. The van der Waals surface area contributed by atoms with Crippen molar-refractivity contribution in [1.29, 1.82) is 0 Å². The van der Waals surface area contributed by atoms with Gasteiger partial charge in [0.25, 0.3) is 5.91 Å². The SMILES string of the molecule is Cc1cnn(C)c1-c1ccc2c(c1)CN(C(CN)Cc1cccc(F)c1)C2=O. The van der Waals surface area contributed by atoms with E-state index < -0.39 is 0 Å². The summed E-state index contributed by atoms with van der Waals surface area (Å²) in [7, 11) is 1.91. The van der Waals surface area contributed by atoms with Crippen molar-refractivity contribution >= 4 is 5.91 Å². The molecule has 2 heterocycles. The van der Waals surface area contributed by atoms with Crippen LogP contribution in [0.1, 0.15) is 27.0 Å². The van der Waals surface area contributed by atoms with Gasteiger partial charge in [0.15, 0.2) is 0 Å². The molecule has 0 saturated heterocycles. The molecule has 144 valence electrons. The fourth-order valence-electron chi connectivity index (χ4n) is 4.00. The first kappa shape index (κ1) is 18.4.